The van der Waals surface area contributed by atoms with Gasteiger partial charge in [0, 0.05) is 19.4 Å². The fourth-order valence-corrected chi connectivity index (χ4v) is 1.75. The molecule has 1 aliphatic rings. The van der Waals surface area contributed by atoms with Crippen molar-refractivity contribution in [2.75, 3.05) is 13.1 Å². The van der Waals surface area contributed by atoms with Gasteiger partial charge in [-0.2, -0.15) is 13.2 Å². The topological polar surface area (TPSA) is 29.1 Å². The van der Waals surface area contributed by atoms with E-state index in [9.17, 15) is 18.0 Å². The molecule has 1 rings (SSSR count). The summed E-state index contributed by atoms with van der Waals surface area (Å²) in [5.74, 6) is 1.39. The van der Waals surface area contributed by atoms with Gasteiger partial charge in [-0.15, -0.1) is 12.3 Å². The van der Waals surface area contributed by atoms with Gasteiger partial charge in [-0.1, -0.05) is 0 Å². The molecular weight excluding hydrogens is 207 g/mol. The lowest BCUT2D eigenvalue weighted by molar-refractivity contribution is -0.214. The first-order valence-corrected chi connectivity index (χ1v) is 4.68. The maximum Gasteiger partial charge on any atom is 0.402 e. The molecule has 5 heteroatoms. The summed E-state index contributed by atoms with van der Waals surface area (Å²) in [4.78, 5) is 11.5. The fraction of sp³-hybridized carbons (Fsp3) is 0.700. The molecule has 0 radical (unpaired) electrons. The van der Waals surface area contributed by atoms with Crippen molar-refractivity contribution in [3.05, 3.63) is 0 Å². The molecule has 84 valence electrons. The van der Waals surface area contributed by atoms with Gasteiger partial charge in [-0.05, 0) is 13.0 Å². The molecule has 2 nitrogen and oxygen atoms in total. The largest absolute Gasteiger partial charge is 0.402 e. The van der Waals surface area contributed by atoms with Crippen molar-refractivity contribution < 1.29 is 18.0 Å². The van der Waals surface area contributed by atoms with Crippen LogP contribution in [0.1, 0.15) is 19.3 Å². The molecule has 15 heavy (non-hydrogen) atoms. The Morgan fingerprint density at radius 1 is 1.53 bits per heavy atom. The second-order valence-electron chi connectivity index (χ2n) is 3.63. The molecule has 0 aromatic rings. The SMILES string of the molecule is C#CCCC(=O)C1(C(F)(F)F)CCNC1. The zero-order valence-corrected chi connectivity index (χ0v) is 8.16. The zero-order chi connectivity index (χ0) is 11.5. The molecule has 0 spiro atoms. The molecule has 0 amide bonds. The predicted octanol–water partition coefficient (Wildman–Crippen LogP) is 1.51. The summed E-state index contributed by atoms with van der Waals surface area (Å²) in [6, 6.07) is 0. The quantitative estimate of drug-likeness (QED) is 0.729. The van der Waals surface area contributed by atoms with Gasteiger partial charge < -0.3 is 5.32 Å². The number of nitrogens with one attached hydrogen (secondary N) is 1. The van der Waals surface area contributed by atoms with E-state index in [1.165, 1.54) is 0 Å². The van der Waals surface area contributed by atoms with Gasteiger partial charge in [0.2, 0.25) is 0 Å². The molecular formula is C10H12F3NO. The van der Waals surface area contributed by atoms with Crippen molar-refractivity contribution >= 4 is 5.78 Å². The first-order chi connectivity index (χ1) is 6.94. The first-order valence-electron chi connectivity index (χ1n) is 4.68. The van der Waals surface area contributed by atoms with E-state index in [0.717, 1.165) is 0 Å². The van der Waals surface area contributed by atoms with Crippen LogP contribution in [0.5, 0.6) is 0 Å². The van der Waals surface area contributed by atoms with Gasteiger partial charge in [-0.25, -0.2) is 0 Å². The summed E-state index contributed by atoms with van der Waals surface area (Å²) in [7, 11) is 0. The maximum absolute atomic E-state index is 12.8. The molecule has 1 aliphatic heterocycles. The van der Waals surface area contributed by atoms with E-state index in [-0.39, 0.29) is 32.4 Å². The summed E-state index contributed by atoms with van der Waals surface area (Å²) < 4.78 is 38.3. The van der Waals surface area contributed by atoms with Gasteiger partial charge >= 0.3 is 6.18 Å². The van der Waals surface area contributed by atoms with Crippen molar-refractivity contribution in [3.63, 3.8) is 0 Å². The van der Waals surface area contributed by atoms with E-state index in [2.05, 4.69) is 11.2 Å². The molecule has 0 aliphatic carbocycles. The number of carbonyl (C=O) groups excluding carboxylic acids is 1. The second kappa shape index (κ2) is 4.23. The normalized spacial score (nSPS) is 26.3. The van der Waals surface area contributed by atoms with Crippen LogP contribution in [0.2, 0.25) is 0 Å². The lowest BCUT2D eigenvalue weighted by Crippen LogP contribution is -2.46. The Kier molecular flexibility index (Phi) is 3.40. The van der Waals surface area contributed by atoms with E-state index < -0.39 is 17.4 Å². The number of alkyl halides is 3. The van der Waals surface area contributed by atoms with Gasteiger partial charge in [0.15, 0.2) is 0 Å². The molecule has 1 atom stereocenters. The summed E-state index contributed by atoms with van der Waals surface area (Å²) >= 11 is 0. The Hall–Kier alpha value is -1.02. The standard InChI is InChI=1S/C10H12F3NO/c1-2-3-4-8(15)9(10(11,12)13)5-6-14-7-9/h1,14H,3-7H2. The van der Waals surface area contributed by atoms with Crippen LogP contribution < -0.4 is 5.32 Å². The second-order valence-corrected chi connectivity index (χ2v) is 3.63. The third-order valence-electron chi connectivity index (χ3n) is 2.73. The molecule has 0 aromatic carbocycles. The highest BCUT2D eigenvalue weighted by atomic mass is 19.4. The van der Waals surface area contributed by atoms with Crippen LogP contribution >= 0.6 is 0 Å². The average Bonchev–Trinajstić information content (AvgIpc) is 2.62. The highest BCUT2D eigenvalue weighted by molar-refractivity contribution is 5.86. The third-order valence-corrected chi connectivity index (χ3v) is 2.73. The number of ketones is 1. The summed E-state index contributed by atoms with van der Waals surface area (Å²) in [5, 5.41) is 2.58. The van der Waals surface area contributed by atoms with Gasteiger partial charge in [0.05, 0.1) is 0 Å². The van der Waals surface area contributed by atoms with Crippen LogP contribution in [0, 0.1) is 17.8 Å². The minimum atomic E-state index is -4.48. The Morgan fingerprint density at radius 2 is 2.20 bits per heavy atom. The first kappa shape index (κ1) is 12.1. The number of rotatable bonds is 3. The van der Waals surface area contributed by atoms with Crippen molar-refractivity contribution in [3.8, 4) is 12.3 Å². The predicted molar refractivity (Wildman–Crippen MR) is 49.0 cm³/mol. The minimum absolute atomic E-state index is 0.0661. The van der Waals surface area contributed by atoms with E-state index in [1.807, 2.05) is 0 Å². The van der Waals surface area contributed by atoms with Crippen LogP contribution in [-0.4, -0.2) is 25.0 Å². The van der Waals surface area contributed by atoms with Gasteiger partial charge in [0.25, 0.3) is 0 Å². The number of terminal acetylenes is 1. The van der Waals surface area contributed by atoms with E-state index in [4.69, 9.17) is 6.42 Å². The molecule has 0 aromatic heterocycles. The summed E-state index contributed by atoms with van der Waals surface area (Å²) in [6.07, 6.45) is 0.133. The highest BCUT2D eigenvalue weighted by Gasteiger charge is 2.60. The smallest absolute Gasteiger partial charge is 0.315 e. The number of hydrogen-bond acceptors (Lipinski definition) is 2. The third kappa shape index (κ3) is 2.15. The highest BCUT2D eigenvalue weighted by Crippen LogP contribution is 2.44. The maximum atomic E-state index is 12.8. The van der Waals surface area contributed by atoms with Crippen LogP contribution in [0.25, 0.3) is 0 Å². The van der Waals surface area contributed by atoms with E-state index in [0.29, 0.717) is 0 Å². The van der Waals surface area contributed by atoms with Crippen LogP contribution in [0.15, 0.2) is 0 Å². The Balaban J connectivity index is 2.83. The van der Waals surface area contributed by atoms with Gasteiger partial charge in [0.1, 0.15) is 11.2 Å². The van der Waals surface area contributed by atoms with Crippen LogP contribution in [0.3, 0.4) is 0 Å². The molecule has 1 saturated heterocycles. The van der Waals surface area contributed by atoms with Crippen molar-refractivity contribution in [2.45, 2.75) is 25.4 Å². The Morgan fingerprint density at radius 3 is 2.60 bits per heavy atom. The fourth-order valence-electron chi connectivity index (χ4n) is 1.75. The monoisotopic (exact) mass is 219 g/mol. The van der Waals surface area contributed by atoms with Gasteiger partial charge in [-0.3, -0.25) is 4.79 Å². The number of carbonyl (C=O) groups is 1. The molecule has 1 unspecified atom stereocenters. The molecule has 1 heterocycles. The van der Waals surface area contributed by atoms with Crippen molar-refractivity contribution in [1.82, 2.24) is 5.32 Å². The lowest BCUT2D eigenvalue weighted by Gasteiger charge is -2.29. The zero-order valence-electron chi connectivity index (χ0n) is 8.16. The Bertz CT molecular complexity index is 284. The molecule has 0 saturated carbocycles. The summed E-state index contributed by atoms with van der Waals surface area (Å²) in [5.41, 5.74) is -2.20. The summed E-state index contributed by atoms with van der Waals surface area (Å²) in [6.45, 7) is -0.0960. The number of hydrogen-bond donors (Lipinski definition) is 1. The molecule has 1 fully saturated rings. The number of Topliss-reactive ketones (excluding diaryl/α,β-unsaturated/α-hetero) is 1. The van der Waals surface area contributed by atoms with Crippen LogP contribution in [0.4, 0.5) is 13.2 Å². The molecule has 1 N–H and O–H groups in total. The Labute approximate surface area is 86.2 Å². The van der Waals surface area contributed by atoms with Crippen LogP contribution in [-0.2, 0) is 4.79 Å². The van der Waals surface area contributed by atoms with E-state index in [1.54, 1.807) is 0 Å². The minimum Gasteiger partial charge on any atom is -0.315 e. The van der Waals surface area contributed by atoms with Crippen molar-refractivity contribution in [1.29, 1.82) is 0 Å². The molecule has 0 bridgehead atoms. The average molecular weight is 219 g/mol. The number of halogens is 3. The van der Waals surface area contributed by atoms with E-state index >= 15 is 0 Å². The van der Waals surface area contributed by atoms with Crippen molar-refractivity contribution in [2.24, 2.45) is 5.41 Å². The lowest BCUT2D eigenvalue weighted by atomic mass is 9.80.